The number of methoxy groups -OCH3 is 2. The number of nitrogens with zero attached hydrogens (tertiary/aromatic N) is 1. The van der Waals surface area contributed by atoms with Crippen molar-refractivity contribution in [1.29, 1.82) is 0 Å². The lowest BCUT2D eigenvalue weighted by molar-refractivity contribution is -0.142. The predicted octanol–water partition coefficient (Wildman–Crippen LogP) is 3.35. The minimum atomic E-state index is -0.810. The van der Waals surface area contributed by atoms with Gasteiger partial charge in [0.1, 0.15) is 0 Å². The monoisotopic (exact) mass is 411 g/mol. The molecule has 0 radical (unpaired) electrons. The minimum absolute atomic E-state index is 0.0556. The summed E-state index contributed by atoms with van der Waals surface area (Å²) >= 11 is 0. The van der Waals surface area contributed by atoms with Crippen LogP contribution in [-0.2, 0) is 17.8 Å². The standard InChI is InChI=1S/C23H25NO6/c1-12(23(25)26)20-14-4-5-17(27-2)22(28-3)16(14)10-24-7-6-13-8-18-19(30-11-29-18)9-15(13)21(20)24/h4-5,8-9,12,20-21H,6-7,10-11H2,1-3H3,(H,25,26). The zero-order chi connectivity index (χ0) is 21.0. The van der Waals surface area contributed by atoms with Crippen LogP contribution >= 0.6 is 0 Å². The largest absolute Gasteiger partial charge is 0.493 e. The molecule has 7 nitrogen and oxygen atoms in total. The lowest BCUT2D eigenvalue weighted by Crippen LogP contribution is -2.44. The number of carbonyl (C=O) groups is 1. The fraction of sp³-hybridized carbons (Fsp3) is 0.435. The number of fused-ring (bicyclic) bond motifs is 5. The Morgan fingerprint density at radius 3 is 2.63 bits per heavy atom. The van der Waals surface area contributed by atoms with Gasteiger partial charge in [-0.3, -0.25) is 9.69 Å². The maximum absolute atomic E-state index is 12.1. The third-order valence-corrected chi connectivity index (χ3v) is 6.69. The summed E-state index contributed by atoms with van der Waals surface area (Å²) in [7, 11) is 3.25. The van der Waals surface area contributed by atoms with Gasteiger partial charge in [0.05, 0.1) is 20.1 Å². The zero-order valence-corrected chi connectivity index (χ0v) is 17.3. The van der Waals surface area contributed by atoms with Crippen molar-refractivity contribution in [2.75, 3.05) is 27.6 Å². The number of benzene rings is 2. The second-order valence-corrected chi connectivity index (χ2v) is 8.09. The average molecular weight is 411 g/mol. The van der Waals surface area contributed by atoms with E-state index < -0.39 is 11.9 Å². The summed E-state index contributed by atoms with van der Waals surface area (Å²) in [5, 5.41) is 9.96. The van der Waals surface area contributed by atoms with Gasteiger partial charge in [-0.1, -0.05) is 13.0 Å². The first-order valence-electron chi connectivity index (χ1n) is 10.2. The maximum atomic E-state index is 12.1. The summed E-state index contributed by atoms with van der Waals surface area (Å²) in [6.07, 6.45) is 0.873. The molecular weight excluding hydrogens is 386 g/mol. The van der Waals surface area contributed by atoms with Gasteiger partial charge in [0, 0.05) is 30.6 Å². The Morgan fingerprint density at radius 2 is 1.93 bits per heavy atom. The molecule has 0 aliphatic carbocycles. The number of rotatable bonds is 4. The number of hydrogen-bond donors (Lipinski definition) is 1. The average Bonchev–Trinajstić information content (AvgIpc) is 3.21. The molecule has 3 unspecified atom stereocenters. The number of aliphatic carboxylic acids is 1. The molecule has 30 heavy (non-hydrogen) atoms. The summed E-state index contributed by atoms with van der Waals surface area (Å²) in [4.78, 5) is 14.5. The van der Waals surface area contributed by atoms with Gasteiger partial charge in [0.25, 0.3) is 0 Å². The van der Waals surface area contributed by atoms with E-state index in [4.69, 9.17) is 18.9 Å². The van der Waals surface area contributed by atoms with E-state index >= 15 is 0 Å². The van der Waals surface area contributed by atoms with Crippen molar-refractivity contribution in [2.24, 2.45) is 5.92 Å². The maximum Gasteiger partial charge on any atom is 0.306 e. The van der Waals surface area contributed by atoms with Crippen molar-refractivity contribution >= 4 is 5.97 Å². The topological polar surface area (TPSA) is 77.5 Å². The van der Waals surface area contributed by atoms with Crippen LogP contribution in [0.1, 0.15) is 41.1 Å². The molecule has 1 N–H and O–H groups in total. The molecule has 0 fully saturated rings. The van der Waals surface area contributed by atoms with Gasteiger partial charge < -0.3 is 24.1 Å². The Kier molecular flexibility index (Phi) is 4.50. The van der Waals surface area contributed by atoms with Gasteiger partial charge in [-0.15, -0.1) is 0 Å². The van der Waals surface area contributed by atoms with Crippen LogP contribution in [0, 0.1) is 5.92 Å². The first-order valence-corrected chi connectivity index (χ1v) is 10.2. The molecule has 2 aromatic carbocycles. The van der Waals surface area contributed by atoms with E-state index in [1.165, 1.54) is 5.56 Å². The lowest BCUT2D eigenvalue weighted by atomic mass is 9.71. The molecule has 0 bridgehead atoms. The van der Waals surface area contributed by atoms with E-state index in [2.05, 4.69) is 11.0 Å². The Balaban J connectivity index is 1.70. The molecule has 0 saturated heterocycles. The fourth-order valence-electron chi connectivity index (χ4n) is 5.24. The third kappa shape index (κ3) is 2.72. The smallest absolute Gasteiger partial charge is 0.306 e. The third-order valence-electron chi connectivity index (χ3n) is 6.69. The first-order chi connectivity index (χ1) is 14.5. The van der Waals surface area contributed by atoms with Crippen molar-refractivity contribution in [1.82, 2.24) is 4.90 Å². The summed E-state index contributed by atoms with van der Waals surface area (Å²) in [5.74, 6) is 1.24. The molecule has 3 heterocycles. The van der Waals surface area contributed by atoms with Crippen molar-refractivity contribution in [3.8, 4) is 23.0 Å². The fourth-order valence-corrected chi connectivity index (χ4v) is 5.24. The van der Waals surface area contributed by atoms with Crippen LogP contribution in [0.2, 0.25) is 0 Å². The van der Waals surface area contributed by atoms with Crippen LogP contribution in [0.4, 0.5) is 0 Å². The first kappa shape index (κ1) is 19.1. The number of carboxylic acids is 1. The Hall–Kier alpha value is -2.93. The molecule has 0 aromatic heterocycles. The van der Waals surface area contributed by atoms with Crippen molar-refractivity contribution < 1.29 is 28.8 Å². The van der Waals surface area contributed by atoms with Gasteiger partial charge in [0.15, 0.2) is 23.0 Å². The van der Waals surface area contributed by atoms with E-state index in [9.17, 15) is 9.90 Å². The number of carboxylic acid groups (broad SMARTS) is 1. The van der Waals surface area contributed by atoms with E-state index in [0.29, 0.717) is 18.0 Å². The van der Waals surface area contributed by atoms with Crippen LogP contribution < -0.4 is 18.9 Å². The molecule has 158 valence electrons. The van der Waals surface area contributed by atoms with E-state index in [0.717, 1.165) is 41.2 Å². The zero-order valence-electron chi connectivity index (χ0n) is 17.3. The van der Waals surface area contributed by atoms with Crippen LogP contribution in [0.3, 0.4) is 0 Å². The molecule has 3 atom stereocenters. The predicted molar refractivity (Wildman–Crippen MR) is 109 cm³/mol. The number of hydrogen-bond acceptors (Lipinski definition) is 6. The summed E-state index contributed by atoms with van der Waals surface area (Å²) in [6, 6.07) is 7.92. The van der Waals surface area contributed by atoms with Crippen molar-refractivity contribution in [2.45, 2.75) is 31.8 Å². The molecule has 3 aliphatic heterocycles. The SMILES string of the molecule is COc1ccc2c(c1OC)CN1CCc3cc4c(cc3C1C2C(C)C(=O)O)OCO4. The van der Waals surface area contributed by atoms with Crippen LogP contribution in [0.15, 0.2) is 24.3 Å². The van der Waals surface area contributed by atoms with Gasteiger partial charge in [-0.25, -0.2) is 0 Å². The van der Waals surface area contributed by atoms with Crippen LogP contribution in [0.25, 0.3) is 0 Å². The molecule has 5 rings (SSSR count). The summed E-state index contributed by atoms with van der Waals surface area (Å²) in [6.45, 7) is 3.52. The Morgan fingerprint density at radius 1 is 1.17 bits per heavy atom. The van der Waals surface area contributed by atoms with E-state index in [1.54, 1.807) is 21.1 Å². The quantitative estimate of drug-likeness (QED) is 0.827. The van der Waals surface area contributed by atoms with E-state index in [-0.39, 0.29) is 18.8 Å². The van der Waals surface area contributed by atoms with Crippen LogP contribution in [-0.4, -0.2) is 43.5 Å². The highest BCUT2D eigenvalue weighted by Crippen LogP contribution is 2.53. The summed E-state index contributed by atoms with van der Waals surface area (Å²) < 4.78 is 22.4. The van der Waals surface area contributed by atoms with Crippen molar-refractivity contribution in [3.63, 3.8) is 0 Å². The molecule has 7 heteroatoms. The van der Waals surface area contributed by atoms with Gasteiger partial charge in [0.2, 0.25) is 6.79 Å². The van der Waals surface area contributed by atoms with Crippen LogP contribution in [0.5, 0.6) is 23.0 Å². The molecule has 2 aromatic rings. The van der Waals surface area contributed by atoms with Gasteiger partial charge >= 0.3 is 5.97 Å². The summed E-state index contributed by atoms with van der Waals surface area (Å²) in [5.41, 5.74) is 4.35. The minimum Gasteiger partial charge on any atom is -0.493 e. The van der Waals surface area contributed by atoms with Crippen molar-refractivity contribution in [3.05, 3.63) is 46.5 Å². The van der Waals surface area contributed by atoms with Gasteiger partial charge in [-0.05, 0) is 41.3 Å². The normalized spacial score (nSPS) is 22.5. The van der Waals surface area contributed by atoms with Gasteiger partial charge in [-0.2, -0.15) is 0 Å². The lowest BCUT2D eigenvalue weighted by Gasteiger charge is -2.47. The van der Waals surface area contributed by atoms with E-state index in [1.807, 2.05) is 18.2 Å². The number of ether oxygens (including phenoxy) is 4. The molecule has 0 amide bonds. The highest BCUT2D eigenvalue weighted by atomic mass is 16.7. The molecule has 0 spiro atoms. The molecule has 0 saturated carbocycles. The second kappa shape index (κ2) is 7.09. The molecular formula is C23H25NO6. The Bertz CT molecular complexity index is 1020. The molecule has 3 aliphatic rings. The second-order valence-electron chi connectivity index (χ2n) is 8.09. The Labute approximate surface area is 175 Å². The highest BCUT2D eigenvalue weighted by Gasteiger charge is 2.45. The highest BCUT2D eigenvalue weighted by molar-refractivity contribution is 5.72.